The van der Waals surface area contributed by atoms with Crippen molar-refractivity contribution in [2.24, 2.45) is 0 Å². The molecule has 0 aliphatic carbocycles. The fourth-order valence-electron chi connectivity index (χ4n) is 4.77. The number of phenolic OH excluding ortho intramolecular Hbond substituents is 3. The molecule has 1 saturated heterocycles. The van der Waals surface area contributed by atoms with E-state index in [0.29, 0.717) is 24.2 Å². The molecule has 2 aromatic heterocycles. The zero-order valence-electron chi connectivity index (χ0n) is 20.3. The van der Waals surface area contributed by atoms with Crippen LogP contribution in [0.5, 0.6) is 17.2 Å². The summed E-state index contributed by atoms with van der Waals surface area (Å²) in [4.78, 5) is 34.7. The van der Waals surface area contributed by atoms with Crippen molar-refractivity contribution in [3.05, 3.63) is 82.3 Å². The number of amides is 1. The number of carbonyl (C=O) groups is 1. The van der Waals surface area contributed by atoms with E-state index in [9.17, 15) is 24.9 Å². The summed E-state index contributed by atoms with van der Waals surface area (Å²) in [5.74, 6) is -3.02. The van der Waals surface area contributed by atoms with Gasteiger partial charge in [-0.05, 0) is 18.7 Å². The van der Waals surface area contributed by atoms with Gasteiger partial charge in [-0.25, -0.2) is 0 Å². The maximum absolute atomic E-state index is 13.4. The molecule has 9 heteroatoms. The van der Waals surface area contributed by atoms with Crippen molar-refractivity contribution in [3.63, 3.8) is 0 Å². The molecule has 5 rings (SSSR count). The lowest BCUT2D eigenvalue weighted by atomic mass is 9.86. The van der Waals surface area contributed by atoms with Crippen LogP contribution >= 0.6 is 0 Å². The molecular formula is C28H27N3O6. The summed E-state index contributed by atoms with van der Waals surface area (Å²) >= 11 is 0. The van der Waals surface area contributed by atoms with Crippen LogP contribution in [0.2, 0.25) is 0 Å². The average molecular weight is 502 g/mol. The quantitative estimate of drug-likeness (QED) is 0.356. The number of hydrogen-bond acceptors (Lipinski definition) is 8. The van der Waals surface area contributed by atoms with Crippen LogP contribution in [0.1, 0.15) is 23.5 Å². The Kier molecular flexibility index (Phi) is 6.54. The molecule has 37 heavy (non-hydrogen) atoms. The Bertz CT molecular complexity index is 1500. The first-order valence-electron chi connectivity index (χ1n) is 12.0. The predicted molar refractivity (Wildman–Crippen MR) is 138 cm³/mol. The van der Waals surface area contributed by atoms with Crippen molar-refractivity contribution >= 4 is 16.9 Å². The predicted octanol–water partition coefficient (Wildman–Crippen LogP) is 3.27. The molecule has 0 unspecified atom stereocenters. The van der Waals surface area contributed by atoms with Crippen LogP contribution in [0.4, 0.5) is 0 Å². The summed E-state index contributed by atoms with van der Waals surface area (Å²) < 4.78 is 6.14. The zero-order chi connectivity index (χ0) is 26.1. The second kappa shape index (κ2) is 9.94. The number of hydrogen-bond donors (Lipinski definition) is 3. The maximum atomic E-state index is 13.4. The molecule has 0 saturated carbocycles. The molecule has 1 aliphatic heterocycles. The average Bonchev–Trinajstić information content (AvgIpc) is 2.92. The van der Waals surface area contributed by atoms with Gasteiger partial charge >= 0.3 is 0 Å². The Labute approximate surface area is 212 Å². The molecule has 3 N–H and O–H groups in total. The van der Waals surface area contributed by atoms with Crippen LogP contribution in [-0.2, 0) is 4.79 Å². The van der Waals surface area contributed by atoms with Gasteiger partial charge in [0.25, 0.3) is 0 Å². The SMILES string of the molecule is CN1CCN(C(=O)C[C@@H](c2cccnc2)c2c(O)c(O)c(O)c3c(=O)cc(-c4ccccc4)oc23)CC1. The van der Waals surface area contributed by atoms with Crippen molar-refractivity contribution < 1.29 is 24.5 Å². The van der Waals surface area contributed by atoms with Crippen molar-refractivity contribution in [1.29, 1.82) is 0 Å². The van der Waals surface area contributed by atoms with E-state index < -0.39 is 28.6 Å². The van der Waals surface area contributed by atoms with Gasteiger partial charge in [0.2, 0.25) is 11.7 Å². The van der Waals surface area contributed by atoms with Crippen LogP contribution < -0.4 is 5.43 Å². The fraction of sp³-hybridized carbons (Fsp3) is 0.250. The first-order valence-corrected chi connectivity index (χ1v) is 12.0. The highest BCUT2D eigenvalue weighted by molar-refractivity contribution is 5.94. The van der Waals surface area contributed by atoms with E-state index in [0.717, 1.165) is 13.1 Å². The molecule has 9 nitrogen and oxygen atoms in total. The van der Waals surface area contributed by atoms with Crippen molar-refractivity contribution in [1.82, 2.24) is 14.8 Å². The number of carbonyl (C=O) groups excluding carboxylic acids is 1. The van der Waals surface area contributed by atoms with Crippen LogP contribution in [0, 0.1) is 0 Å². The smallest absolute Gasteiger partial charge is 0.223 e. The van der Waals surface area contributed by atoms with Crippen molar-refractivity contribution in [2.45, 2.75) is 12.3 Å². The van der Waals surface area contributed by atoms with E-state index >= 15 is 0 Å². The van der Waals surface area contributed by atoms with Crippen molar-refractivity contribution in [2.75, 3.05) is 33.2 Å². The normalized spacial score (nSPS) is 15.1. The van der Waals surface area contributed by atoms with E-state index in [2.05, 4.69) is 9.88 Å². The Morgan fingerprint density at radius 1 is 1.00 bits per heavy atom. The lowest BCUT2D eigenvalue weighted by Crippen LogP contribution is -2.47. The molecule has 1 atom stereocenters. The number of rotatable bonds is 5. The van der Waals surface area contributed by atoms with Crippen LogP contribution in [0.3, 0.4) is 0 Å². The Morgan fingerprint density at radius 2 is 1.73 bits per heavy atom. The van der Waals surface area contributed by atoms with Gasteiger partial charge in [-0.2, -0.15) is 0 Å². The van der Waals surface area contributed by atoms with E-state index in [1.807, 2.05) is 13.1 Å². The molecular weight excluding hydrogens is 474 g/mol. The molecule has 1 aliphatic rings. The van der Waals surface area contributed by atoms with Crippen molar-refractivity contribution in [3.8, 4) is 28.6 Å². The van der Waals surface area contributed by atoms with Gasteiger partial charge in [0.05, 0.1) is 0 Å². The summed E-state index contributed by atoms with van der Waals surface area (Å²) in [6, 6.07) is 13.6. The minimum atomic E-state index is -0.844. The summed E-state index contributed by atoms with van der Waals surface area (Å²) in [5, 5.41) is 32.0. The number of piperazine rings is 1. The second-order valence-corrected chi connectivity index (χ2v) is 9.23. The van der Waals surface area contributed by atoms with Gasteiger partial charge in [0, 0.05) is 68.1 Å². The van der Waals surface area contributed by atoms with E-state index in [4.69, 9.17) is 4.42 Å². The first-order chi connectivity index (χ1) is 17.8. The minimum Gasteiger partial charge on any atom is -0.504 e. The number of fused-ring (bicyclic) bond motifs is 1. The third kappa shape index (κ3) is 4.61. The fourth-order valence-corrected chi connectivity index (χ4v) is 4.77. The number of aromatic hydroxyl groups is 3. The third-order valence-electron chi connectivity index (χ3n) is 6.86. The minimum absolute atomic E-state index is 0.0376. The Balaban J connectivity index is 1.72. The Hall–Kier alpha value is -4.37. The molecule has 0 bridgehead atoms. The zero-order valence-corrected chi connectivity index (χ0v) is 20.3. The molecule has 3 heterocycles. The molecule has 1 fully saturated rings. The maximum Gasteiger partial charge on any atom is 0.223 e. The van der Waals surface area contributed by atoms with Gasteiger partial charge in [-0.15, -0.1) is 0 Å². The summed E-state index contributed by atoms with van der Waals surface area (Å²) in [6.07, 6.45) is 3.08. The van der Waals surface area contributed by atoms with Gasteiger partial charge in [0.15, 0.2) is 16.9 Å². The standard InChI is InChI=1S/C28H27N3O6/c1-30-10-12-31(13-11-30)22(33)14-19(18-8-5-9-29-16-18)23-25(34)27(36)26(35)24-20(32)15-21(37-28(23)24)17-6-3-2-4-7-17/h2-9,15-16,19,34-36H,10-14H2,1H3/t19-/m0/s1. The van der Waals surface area contributed by atoms with Gasteiger partial charge in [-0.3, -0.25) is 14.6 Å². The number of phenols is 3. The topological polar surface area (TPSA) is 127 Å². The highest BCUT2D eigenvalue weighted by Crippen LogP contribution is 2.49. The monoisotopic (exact) mass is 501 g/mol. The molecule has 0 spiro atoms. The number of pyridine rings is 1. The molecule has 4 aromatic rings. The highest BCUT2D eigenvalue weighted by atomic mass is 16.3. The lowest BCUT2D eigenvalue weighted by Gasteiger charge is -2.33. The summed E-state index contributed by atoms with van der Waals surface area (Å²) in [5.41, 5.74) is 0.546. The summed E-state index contributed by atoms with van der Waals surface area (Å²) in [7, 11) is 2.00. The van der Waals surface area contributed by atoms with Gasteiger partial charge in [0.1, 0.15) is 16.7 Å². The molecule has 190 valence electrons. The number of likely N-dealkylation sites (N-methyl/N-ethyl adjacent to an activating group) is 1. The van der Waals surface area contributed by atoms with Crippen LogP contribution in [0.25, 0.3) is 22.3 Å². The number of nitrogens with zero attached hydrogens (tertiary/aromatic N) is 3. The highest BCUT2D eigenvalue weighted by Gasteiger charge is 2.32. The van der Waals surface area contributed by atoms with E-state index in [1.165, 1.54) is 6.07 Å². The molecule has 1 amide bonds. The lowest BCUT2D eigenvalue weighted by molar-refractivity contribution is -0.133. The molecule has 0 radical (unpaired) electrons. The largest absolute Gasteiger partial charge is 0.504 e. The van der Waals surface area contributed by atoms with Gasteiger partial charge < -0.3 is 29.5 Å². The van der Waals surface area contributed by atoms with E-state index in [-0.39, 0.29) is 34.6 Å². The Morgan fingerprint density at radius 3 is 2.41 bits per heavy atom. The number of aromatic nitrogens is 1. The first kappa shape index (κ1) is 24.3. The molecule has 2 aromatic carbocycles. The second-order valence-electron chi connectivity index (χ2n) is 9.23. The number of benzene rings is 2. The van der Waals surface area contributed by atoms with E-state index in [1.54, 1.807) is 53.7 Å². The van der Waals surface area contributed by atoms with Gasteiger partial charge in [-0.1, -0.05) is 36.4 Å². The van der Waals surface area contributed by atoms with Crippen LogP contribution in [-0.4, -0.2) is 69.2 Å². The van der Waals surface area contributed by atoms with Crippen LogP contribution in [0.15, 0.2) is 70.1 Å². The summed E-state index contributed by atoms with van der Waals surface area (Å²) in [6.45, 7) is 2.62. The third-order valence-corrected chi connectivity index (χ3v) is 6.86.